The zero-order chi connectivity index (χ0) is 15.2. The summed E-state index contributed by atoms with van der Waals surface area (Å²) in [7, 11) is 3.08. The molecule has 0 aliphatic carbocycles. The normalized spacial score (nSPS) is 10.6. The highest BCUT2D eigenvalue weighted by Crippen LogP contribution is 2.33. The van der Waals surface area contributed by atoms with E-state index in [-0.39, 0.29) is 11.9 Å². The third-order valence-electron chi connectivity index (χ3n) is 2.76. The van der Waals surface area contributed by atoms with Crippen LogP contribution in [0.15, 0.2) is 24.5 Å². The molecular formula is C14H16N4O3. The van der Waals surface area contributed by atoms with E-state index in [2.05, 4.69) is 20.5 Å². The van der Waals surface area contributed by atoms with Gasteiger partial charge in [-0.05, 0) is 19.1 Å². The first-order chi connectivity index (χ1) is 10.2. The van der Waals surface area contributed by atoms with Gasteiger partial charge in [0.15, 0.2) is 11.5 Å². The van der Waals surface area contributed by atoms with E-state index >= 15 is 0 Å². The summed E-state index contributed by atoms with van der Waals surface area (Å²) in [5.41, 5.74) is 1.18. The van der Waals surface area contributed by atoms with Gasteiger partial charge in [-0.25, -0.2) is 5.10 Å². The van der Waals surface area contributed by atoms with Crippen molar-refractivity contribution in [3.05, 3.63) is 35.7 Å². The largest absolute Gasteiger partial charge is 0.493 e. The molecule has 2 rings (SSSR count). The van der Waals surface area contributed by atoms with Crippen molar-refractivity contribution in [3.8, 4) is 11.5 Å². The first-order valence-corrected chi connectivity index (χ1v) is 6.25. The molecule has 0 bridgehead atoms. The van der Waals surface area contributed by atoms with Crippen LogP contribution in [0.3, 0.4) is 0 Å². The van der Waals surface area contributed by atoms with Gasteiger partial charge in [-0.15, -0.1) is 0 Å². The Hall–Kier alpha value is -2.83. The number of amides is 1. The summed E-state index contributed by atoms with van der Waals surface area (Å²) >= 11 is 0. The molecule has 110 valence electrons. The molecule has 1 aromatic heterocycles. The number of anilines is 1. The number of allylic oxidation sites excluding steroid dienone is 1. The van der Waals surface area contributed by atoms with Crippen LogP contribution in [-0.2, 0) is 0 Å². The number of carbonyl (C=O) groups is 1. The van der Waals surface area contributed by atoms with Crippen LogP contribution in [-0.4, -0.2) is 35.3 Å². The number of H-pyrrole nitrogens is 1. The molecule has 1 amide bonds. The monoisotopic (exact) mass is 288 g/mol. The summed E-state index contributed by atoms with van der Waals surface area (Å²) in [5.74, 6) is 1.02. The highest BCUT2D eigenvalue weighted by Gasteiger charge is 2.15. The second-order valence-corrected chi connectivity index (χ2v) is 4.09. The van der Waals surface area contributed by atoms with Gasteiger partial charge in [-0.1, -0.05) is 12.2 Å². The van der Waals surface area contributed by atoms with Gasteiger partial charge in [-0.3, -0.25) is 10.1 Å². The molecule has 2 N–H and O–H groups in total. The fraction of sp³-hybridized carbons (Fsp3) is 0.214. The van der Waals surface area contributed by atoms with Gasteiger partial charge >= 0.3 is 0 Å². The number of methoxy groups -OCH3 is 2. The van der Waals surface area contributed by atoms with Crippen LogP contribution in [0.1, 0.15) is 22.8 Å². The van der Waals surface area contributed by atoms with Crippen molar-refractivity contribution in [3.63, 3.8) is 0 Å². The minimum absolute atomic E-state index is 0.280. The molecule has 21 heavy (non-hydrogen) atoms. The van der Waals surface area contributed by atoms with Crippen LogP contribution in [0, 0.1) is 0 Å². The highest BCUT2D eigenvalue weighted by molar-refractivity contribution is 6.04. The molecule has 0 atom stereocenters. The highest BCUT2D eigenvalue weighted by atomic mass is 16.5. The zero-order valence-electron chi connectivity index (χ0n) is 12.0. The van der Waals surface area contributed by atoms with E-state index in [1.165, 1.54) is 13.4 Å². The van der Waals surface area contributed by atoms with Crippen LogP contribution < -0.4 is 14.8 Å². The molecule has 0 saturated carbocycles. The van der Waals surface area contributed by atoms with Crippen molar-refractivity contribution in [2.24, 2.45) is 0 Å². The first kappa shape index (κ1) is 14.6. The average Bonchev–Trinajstić information content (AvgIpc) is 2.99. The second-order valence-electron chi connectivity index (χ2n) is 4.09. The number of nitrogens with one attached hydrogen (secondary N) is 2. The molecule has 1 aromatic carbocycles. The van der Waals surface area contributed by atoms with Crippen LogP contribution in [0.2, 0.25) is 0 Å². The minimum atomic E-state index is -0.321. The van der Waals surface area contributed by atoms with Gasteiger partial charge in [0, 0.05) is 11.1 Å². The van der Waals surface area contributed by atoms with Crippen molar-refractivity contribution in [2.75, 3.05) is 19.5 Å². The Bertz CT molecular complexity index is 650. The zero-order valence-corrected chi connectivity index (χ0v) is 12.0. The lowest BCUT2D eigenvalue weighted by Crippen LogP contribution is -2.13. The number of hydrogen-bond donors (Lipinski definition) is 2. The van der Waals surface area contributed by atoms with Gasteiger partial charge in [0.2, 0.25) is 5.95 Å². The predicted octanol–water partition coefficient (Wildman–Crippen LogP) is 2.11. The minimum Gasteiger partial charge on any atom is -0.493 e. The van der Waals surface area contributed by atoms with E-state index in [1.54, 1.807) is 19.2 Å². The SMILES string of the molecule is CC=Cc1cc(C(=O)Nc2ncn[nH]2)cc(OC)c1OC. The molecule has 7 nitrogen and oxygen atoms in total. The van der Waals surface area contributed by atoms with Gasteiger partial charge in [0.1, 0.15) is 6.33 Å². The molecule has 0 saturated heterocycles. The maximum Gasteiger partial charge on any atom is 0.258 e. The van der Waals surface area contributed by atoms with E-state index in [0.717, 1.165) is 5.56 Å². The third kappa shape index (κ3) is 3.19. The number of aromatic nitrogens is 3. The van der Waals surface area contributed by atoms with Gasteiger partial charge in [0.25, 0.3) is 5.91 Å². The van der Waals surface area contributed by atoms with Crippen LogP contribution in [0.25, 0.3) is 6.08 Å². The second kappa shape index (κ2) is 6.56. The van der Waals surface area contributed by atoms with Crippen LogP contribution >= 0.6 is 0 Å². The number of aromatic amines is 1. The van der Waals surface area contributed by atoms with Crippen molar-refractivity contribution in [1.29, 1.82) is 0 Å². The van der Waals surface area contributed by atoms with E-state index < -0.39 is 0 Å². The van der Waals surface area contributed by atoms with E-state index in [9.17, 15) is 4.79 Å². The summed E-state index contributed by atoms with van der Waals surface area (Å²) in [6.07, 6.45) is 5.01. The predicted molar refractivity (Wildman–Crippen MR) is 78.6 cm³/mol. The lowest BCUT2D eigenvalue weighted by Gasteiger charge is -2.12. The first-order valence-electron chi connectivity index (χ1n) is 6.25. The summed E-state index contributed by atoms with van der Waals surface area (Å²) < 4.78 is 10.6. The van der Waals surface area contributed by atoms with Crippen LogP contribution in [0.5, 0.6) is 11.5 Å². The fourth-order valence-electron chi connectivity index (χ4n) is 1.87. The Balaban J connectivity index is 2.39. The quantitative estimate of drug-likeness (QED) is 0.879. The molecule has 0 radical (unpaired) electrons. The Labute approximate surface area is 122 Å². The van der Waals surface area contributed by atoms with E-state index in [1.807, 2.05) is 19.1 Å². The average molecular weight is 288 g/mol. The number of carbonyl (C=O) groups excluding carboxylic acids is 1. The van der Waals surface area contributed by atoms with Crippen LogP contribution in [0.4, 0.5) is 5.95 Å². The van der Waals surface area contributed by atoms with E-state index in [0.29, 0.717) is 17.1 Å². The lowest BCUT2D eigenvalue weighted by atomic mass is 10.1. The molecule has 2 aromatic rings. The molecule has 1 heterocycles. The maximum absolute atomic E-state index is 12.2. The number of rotatable bonds is 5. The summed E-state index contributed by atoms with van der Waals surface area (Å²) in [6, 6.07) is 3.32. The number of ether oxygens (including phenoxy) is 2. The molecule has 0 aliphatic rings. The Morgan fingerprint density at radius 1 is 1.33 bits per heavy atom. The molecule has 0 unspecified atom stereocenters. The van der Waals surface area contributed by atoms with Crippen molar-refractivity contribution >= 4 is 17.9 Å². The smallest absolute Gasteiger partial charge is 0.258 e. The summed E-state index contributed by atoms with van der Waals surface area (Å²) in [6.45, 7) is 1.88. The molecule has 0 spiro atoms. The third-order valence-corrected chi connectivity index (χ3v) is 2.76. The van der Waals surface area contributed by atoms with E-state index in [4.69, 9.17) is 9.47 Å². The number of nitrogens with zero attached hydrogens (tertiary/aromatic N) is 2. The summed E-state index contributed by atoms with van der Waals surface area (Å²) in [4.78, 5) is 16.1. The Kier molecular flexibility index (Phi) is 4.55. The maximum atomic E-state index is 12.2. The molecule has 7 heteroatoms. The standard InChI is InChI=1S/C14H16N4O3/c1-4-5-9-6-10(7-11(20-2)12(9)21-3)13(19)17-14-15-8-16-18-14/h4-8H,1-3H3,(H2,15,16,17,18,19). The molecule has 0 aliphatic heterocycles. The van der Waals surface area contributed by atoms with Gasteiger partial charge in [0.05, 0.1) is 14.2 Å². The molecular weight excluding hydrogens is 272 g/mol. The lowest BCUT2D eigenvalue weighted by molar-refractivity contribution is 0.102. The van der Waals surface area contributed by atoms with Gasteiger partial charge in [-0.2, -0.15) is 10.1 Å². The number of hydrogen-bond acceptors (Lipinski definition) is 5. The topological polar surface area (TPSA) is 89.1 Å². The number of benzene rings is 1. The van der Waals surface area contributed by atoms with Crippen molar-refractivity contribution in [2.45, 2.75) is 6.92 Å². The molecule has 0 fully saturated rings. The van der Waals surface area contributed by atoms with Crippen molar-refractivity contribution < 1.29 is 14.3 Å². The summed E-state index contributed by atoms with van der Waals surface area (Å²) in [5, 5.41) is 8.84. The van der Waals surface area contributed by atoms with Crippen molar-refractivity contribution in [1.82, 2.24) is 15.2 Å². The van der Waals surface area contributed by atoms with Gasteiger partial charge < -0.3 is 9.47 Å². The Morgan fingerprint density at radius 2 is 2.14 bits per heavy atom. The Morgan fingerprint density at radius 3 is 2.71 bits per heavy atom. The fourth-order valence-corrected chi connectivity index (χ4v) is 1.87.